The lowest BCUT2D eigenvalue weighted by Crippen LogP contribution is -2.29. The molecule has 0 aliphatic rings. The maximum atomic E-state index is 11.5. The first-order valence-electron chi connectivity index (χ1n) is 5.41. The van der Waals surface area contributed by atoms with E-state index >= 15 is 0 Å². The van der Waals surface area contributed by atoms with Gasteiger partial charge in [-0.15, -0.1) is 0 Å². The summed E-state index contributed by atoms with van der Waals surface area (Å²) in [6.07, 6.45) is 6.23. The highest BCUT2D eigenvalue weighted by molar-refractivity contribution is 5.86. The molecule has 0 bridgehead atoms. The monoisotopic (exact) mass is 236 g/mol. The SMILES string of the molecule is C/C=C/CCNC(=O)Cn1cccc1C(=O)O. The molecule has 0 aliphatic carbocycles. The minimum absolute atomic E-state index is 0.0322. The molecule has 5 heteroatoms. The van der Waals surface area contributed by atoms with Crippen molar-refractivity contribution in [3.05, 3.63) is 36.2 Å². The first-order chi connectivity index (χ1) is 8.15. The first kappa shape index (κ1) is 13.0. The van der Waals surface area contributed by atoms with Crippen LogP contribution < -0.4 is 5.32 Å². The Kier molecular flexibility index (Phi) is 5.00. The zero-order chi connectivity index (χ0) is 12.7. The predicted molar refractivity (Wildman–Crippen MR) is 63.8 cm³/mol. The van der Waals surface area contributed by atoms with Gasteiger partial charge in [-0.3, -0.25) is 4.79 Å². The summed E-state index contributed by atoms with van der Waals surface area (Å²) in [6, 6.07) is 3.08. The van der Waals surface area contributed by atoms with Crippen LogP contribution in [0.1, 0.15) is 23.8 Å². The Morgan fingerprint density at radius 2 is 2.29 bits per heavy atom. The van der Waals surface area contributed by atoms with Gasteiger partial charge in [0, 0.05) is 12.7 Å². The van der Waals surface area contributed by atoms with Crippen molar-refractivity contribution in [2.45, 2.75) is 19.9 Å². The molecule has 1 amide bonds. The van der Waals surface area contributed by atoms with Crippen LogP contribution >= 0.6 is 0 Å². The van der Waals surface area contributed by atoms with Crippen LogP contribution in [0.15, 0.2) is 30.5 Å². The van der Waals surface area contributed by atoms with Crippen LogP contribution in [0, 0.1) is 0 Å². The summed E-state index contributed by atoms with van der Waals surface area (Å²) in [5.41, 5.74) is 0.119. The molecule has 0 saturated heterocycles. The van der Waals surface area contributed by atoms with Gasteiger partial charge < -0.3 is 15.0 Å². The second-order valence-electron chi connectivity index (χ2n) is 3.53. The van der Waals surface area contributed by atoms with Crippen LogP contribution in [0.2, 0.25) is 0 Å². The fraction of sp³-hybridized carbons (Fsp3) is 0.333. The molecular weight excluding hydrogens is 220 g/mol. The molecule has 1 rings (SSSR count). The first-order valence-corrected chi connectivity index (χ1v) is 5.41. The Hall–Kier alpha value is -2.04. The Labute approximate surface area is 99.7 Å². The number of hydrogen-bond acceptors (Lipinski definition) is 2. The predicted octanol–water partition coefficient (Wildman–Crippen LogP) is 1.27. The standard InChI is InChI=1S/C12H16N2O3/c1-2-3-4-7-13-11(15)9-14-8-5-6-10(14)12(16)17/h2-3,5-6,8H,4,7,9H2,1H3,(H,13,15)(H,16,17)/b3-2+. The number of aromatic carboxylic acids is 1. The number of carbonyl (C=O) groups is 2. The average Bonchev–Trinajstić information content (AvgIpc) is 2.72. The number of carboxylic acid groups (broad SMARTS) is 1. The minimum atomic E-state index is -1.03. The van der Waals surface area contributed by atoms with E-state index in [9.17, 15) is 9.59 Å². The molecule has 1 aromatic heterocycles. The summed E-state index contributed by atoms with van der Waals surface area (Å²) in [5, 5.41) is 11.6. The molecule has 0 spiro atoms. The smallest absolute Gasteiger partial charge is 0.352 e. The van der Waals surface area contributed by atoms with Crippen molar-refractivity contribution in [2.75, 3.05) is 6.54 Å². The summed E-state index contributed by atoms with van der Waals surface area (Å²) < 4.78 is 1.41. The second kappa shape index (κ2) is 6.52. The van der Waals surface area contributed by atoms with E-state index in [-0.39, 0.29) is 18.1 Å². The zero-order valence-corrected chi connectivity index (χ0v) is 9.72. The van der Waals surface area contributed by atoms with Crippen molar-refractivity contribution in [1.82, 2.24) is 9.88 Å². The van der Waals surface area contributed by atoms with E-state index in [1.54, 1.807) is 12.3 Å². The van der Waals surface area contributed by atoms with E-state index < -0.39 is 5.97 Å². The van der Waals surface area contributed by atoms with Crippen LogP contribution in [0.3, 0.4) is 0 Å². The third kappa shape index (κ3) is 4.14. The topological polar surface area (TPSA) is 71.3 Å². The summed E-state index contributed by atoms with van der Waals surface area (Å²) in [7, 11) is 0. The van der Waals surface area contributed by atoms with Gasteiger partial charge in [0.05, 0.1) is 0 Å². The molecule has 0 atom stereocenters. The van der Waals surface area contributed by atoms with E-state index in [0.717, 1.165) is 6.42 Å². The van der Waals surface area contributed by atoms with Crippen molar-refractivity contribution in [1.29, 1.82) is 0 Å². The quantitative estimate of drug-likeness (QED) is 0.577. The summed E-state index contributed by atoms with van der Waals surface area (Å²) in [6.45, 7) is 2.51. The molecule has 0 aliphatic heterocycles. The maximum absolute atomic E-state index is 11.5. The van der Waals surface area contributed by atoms with Gasteiger partial charge in [0.2, 0.25) is 5.91 Å². The normalized spacial score (nSPS) is 10.6. The Morgan fingerprint density at radius 3 is 2.94 bits per heavy atom. The number of allylic oxidation sites excluding steroid dienone is 1. The van der Waals surface area contributed by atoms with E-state index in [1.165, 1.54) is 10.6 Å². The Bertz CT molecular complexity index is 421. The lowest BCUT2D eigenvalue weighted by Gasteiger charge is -2.06. The minimum Gasteiger partial charge on any atom is -0.477 e. The van der Waals surface area contributed by atoms with Crippen molar-refractivity contribution in [2.24, 2.45) is 0 Å². The number of nitrogens with zero attached hydrogens (tertiary/aromatic N) is 1. The van der Waals surface area contributed by atoms with Crippen molar-refractivity contribution in [3.63, 3.8) is 0 Å². The second-order valence-corrected chi connectivity index (χ2v) is 3.53. The van der Waals surface area contributed by atoms with Gasteiger partial charge in [-0.2, -0.15) is 0 Å². The molecule has 17 heavy (non-hydrogen) atoms. The molecule has 92 valence electrons. The molecule has 0 unspecified atom stereocenters. The highest BCUT2D eigenvalue weighted by Crippen LogP contribution is 2.01. The maximum Gasteiger partial charge on any atom is 0.352 e. The summed E-state index contributed by atoms with van der Waals surface area (Å²) >= 11 is 0. The van der Waals surface area contributed by atoms with E-state index in [4.69, 9.17) is 5.11 Å². The van der Waals surface area contributed by atoms with Crippen LogP contribution in [-0.4, -0.2) is 28.1 Å². The van der Waals surface area contributed by atoms with Crippen LogP contribution in [-0.2, 0) is 11.3 Å². The zero-order valence-electron chi connectivity index (χ0n) is 9.72. The van der Waals surface area contributed by atoms with Gasteiger partial charge in [0.1, 0.15) is 12.2 Å². The molecule has 0 radical (unpaired) electrons. The van der Waals surface area contributed by atoms with E-state index in [1.807, 2.05) is 19.1 Å². The fourth-order valence-electron chi connectivity index (χ4n) is 1.42. The highest BCUT2D eigenvalue weighted by atomic mass is 16.4. The Balaban J connectivity index is 2.45. The van der Waals surface area contributed by atoms with E-state index in [0.29, 0.717) is 6.54 Å². The van der Waals surface area contributed by atoms with Gasteiger partial charge in [-0.1, -0.05) is 12.2 Å². The molecule has 1 heterocycles. The number of carbonyl (C=O) groups excluding carboxylic acids is 1. The molecule has 0 aromatic carbocycles. The van der Waals surface area contributed by atoms with Crippen molar-refractivity contribution < 1.29 is 14.7 Å². The number of amides is 1. The van der Waals surface area contributed by atoms with Gasteiger partial charge in [-0.25, -0.2) is 4.79 Å². The largest absolute Gasteiger partial charge is 0.477 e. The molecule has 1 aromatic rings. The van der Waals surface area contributed by atoms with Gasteiger partial charge in [0.25, 0.3) is 0 Å². The van der Waals surface area contributed by atoms with Crippen molar-refractivity contribution in [3.8, 4) is 0 Å². The Morgan fingerprint density at radius 1 is 1.53 bits per heavy atom. The number of hydrogen-bond donors (Lipinski definition) is 2. The van der Waals surface area contributed by atoms with Crippen LogP contribution in [0.25, 0.3) is 0 Å². The molecular formula is C12H16N2O3. The van der Waals surface area contributed by atoms with Crippen molar-refractivity contribution >= 4 is 11.9 Å². The highest BCUT2D eigenvalue weighted by Gasteiger charge is 2.10. The fourth-order valence-corrected chi connectivity index (χ4v) is 1.42. The third-order valence-electron chi connectivity index (χ3n) is 2.23. The number of carboxylic acids is 1. The number of aromatic nitrogens is 1. The number of nitrogens with one attached hydrogen (secondary N) is 1. The average molecular weight is 236 g/mol. The lowest BCUT2D eigenvalue weighted by atomic mass is 10.3. The van der Waals surface area contributed by atoms with Crippen LogP contribution in [0.5, 0.6) is 0 Å². The van der Waals surface area contributed by atoms with E-state index in [2.05, 4.69) is 5.32 Å². The van der Waals surface area contributed by atoms with Gasteiger partial charge >= 0.3 is 5.97 Å². The molecule has 0 fully saturated rings. The lowest BCUT2D eigenvalue weighted by molar-refractivity contribution is -0.121. The molecule has 5 nitrogen and oxygen atoms in total. The van der Waals surface area contributed by atoms with Crippen LogP contribution in [0.4, 0.5) is 0 Å². The number of rotatable bonds is 6. The third-order valence-corrected chi connectivity index (χ3v) is 2.23. The summed E-state index contributed by atoms with van der Waals surface area (Å²) in [5.74, 6) is -1.22. The van der Waals surface area contributed by atoms with Gasteiger partial charge in [-0.05, 0) is 25.5 Å². The molecule has 2 N–H and O–H groups in total. The molecule has 0 saturated carbocycles. The van der Waals surface area contributed by atoms with Gasteiger partial charge in [0.15, 0.2) is 0 Å². The summed E-state index contributed by atoms with van der Waals surface area (Å²) in [4.78, 5) is 22.3.